The van der Waals surface area contributed by atoms with Crippen molar-refractivity contribution in [2.45, 2.75) is 32.6 Å². The third-order valence-corrected chi connectivity index (χ3v) is 4.58. The van der Waals surface area contributed by atoms with Gasteiger partial charge in [0.15, 0.2) is 0 Å². The van der Waals surface area contributed by atoms with E-state index in [4.69, 9.17) is 23.2 Å². The van der Waals surface area contributed by atoms with Crippen molar-refractivity contribution in [2.75, 3.05) is 5.32 Å². The van der Waals surface area contributed by atoms with E-state index >= 15 is 0 Å². The highest BCUT2D eigenvalue weighted by molar-refractivity contribution is 6.38. The Morgan fingerprint density at radius 3 is 2.29 bits per heavy atom. The highest BCUT2D eigenvalue weighted by Gasteiger charge is 2.27. The van der Waals surface area contributed by atoms with Gasteiger partial charge in [0.1, 0.15) is 5.56 Å². The van der Waals surface area contributed by atoms with Crippen LogP contribution in [-0.2, 0) is 4.79 Å². The Kier molecular flexibility index (Phi) is 5.12. The summed E-state index contributed by atoms with van der Waals surface area (Å²) in [4.78, 5) is 23.6. The zero-order valence-corrected chi connectivity index (χ0v) is 13.2. The van der Waals surface area contributed by atoms with Gasteiger partial charge < -0.3 is 10.4 Å². The molecule has 0 atom stereocenters. The minimum absolute atomic E-state index is 0.0551. The Balaban J connectivity index is 2.21. The van der Waals surface area contributed by atoms with Gasteiger partial charge in [-0.2, -0.15) is 0 Å². The lowest BCUT2D eigenvalue weighted by Gasteiger charge is -2.25. The van der Waals surface area contributed by atoms with Crippen molar-refractivity contribution in [2.24, 2.45) is 11.8 Å². The fraction of sp³-hybridized carbons (Fsp3) is 0.467. The van der Waals surface area contributed by atoms with Crippen LogP contribution >= 0.6 is 23.2 Å². The molecule has 0 aromatic heterocycles. The highest BCUT2D eigenvalue weighted by atomic mass is 35.5. The molecule has 0 saturated heterocycles. The number of nitrogens with one attached hydrogen (secondary N) is 1. The van der Waals surface area contributed by atoms with Gasteiger partial charge in [-0.15, -0.1) is 0 Å². The first-order chi connectivity index (χ1) is 9.90. The molecule has 114 valence electrons. The Morgan fingerprint density at radius 2 is 1.71 bits per heavy atom. The fourth-order valence-electron chi connectivity index (χ4n) is 2.63. The van der Waals surface area contributed by atoms with Crippen molar-refractivity contribution < 1.29 is 14.7 Å². The van der Waals surface area contributed by atoms with E-state index in [-0.39, 0.29) is 33.1 Å². The molecule has 1 saturated carbocycles. The van der Waals surface area contributed by atoms with Crippen molar-refractivity contribution in [3.8, 4) is 0 Å². The van der Waals surface area contributed by atoms with Gasteiger partial charge >= 0.3 is 5.97 Å². The van der Waals surface area contributed by atoms with E-state index in [1.807, 2.05) is 0 Å². The Labute approximate surface area is 133 Å². The van der Waals surface area contributed by atoms with Crippen LogP contribution in [0.15, 0.2) is 12.1 Å². The molecule has 0 bridgehead atoms. The molecule has 0 aliphatic heterocycles. The molecule has 21 heavy (non-hydrogen) atoms. The van der Waals surface area contributed by atoms with Gasteiger partial charge in [0.2, 0.25) is 5.91 Å². The number of anilines is 1. The Morgan fingerprint density at radius 1 is 1.14 bits per heavy atom. The average Bonchev–Trinajstić information content (AvgIpc) is 2.43. The van der Waals surface area contributed by atoms with Crippen LogP contribution < -0.4 is 5.32 Å². The molecule has 1 aromatic carbocycles. The summed E-state index contributed by atoms with van der Waals surface area (Å²) in [5.41, 5.74) is -0.0815. The molecular formula is C15H17Cl2NO3. The van der Waals surface area contributed by atoms with Crippen LogP contribution in [0.5, 0.6) is 0 Å². The van der Waals surface area contributed by atoms with Gasteiger partial charge in [0.05, 0.1) is 15.7 Å². The number of hydrogen-bond donors (Lipinski definition) is 2. The monoisotopic (exact) mass is 329 g/mol. The van der Waals surface area contributed by atoms with Gasteiger partial charge in [0, 0.05) is 5.92 Å². The van der Waals surface area contributed by atoms with E-state index in [1.54, 1.807) is 0 Å². The van der Waals surface area contributed by atoms with Gasteiger partial charge in [-0.05, 0) is 43.7 Å². The molecule has 1 aliphatic carbocycles. The summed E-state index contributed by atoms with van der Waals surface area (Å²) in [6, 6.07) is 2.89. The number of rotatable bonds is 3. The number of benzene rings is 1. The number of carbonyl (C=O) groups is 2. The summed E-state index contributed by atoms with van der Waals surface area (Å²) in [5.74, 6) is -0.861. The first-order valence-electron chi connectivity index (χ1n) is 6.92. The molecule has 0 spiro atoms. The molecule has 2 rings (SSSR count). The molecule has 0 heterocycles. The lowest BCUT2D eigenvalue weighted by atomic mass is 9.82. The lowest BCUT2D eigenvalue weighted by molar-refractivity contribution is -0.121. The quantitative estimate of drug-likeness (QED) is 0.860. The van der Waals surface area contributed by atoms with Crippen LogP contribution in [0.1, 0.15) is 43.0 Å². The molecule has 4 nitrogen and oxygen atoms in total. The minimum Gasteiger partial charge on any atom is -0.478 e. The number of halogens is 2. The molecule has 1 aromatic rings. The highest BCUT2D eigenvalue weighted by Crippen LogP contribution is 2.34. The van der Waals surface area contributed by atoms with E-state index in [0.29, 0.717) is 5.92 Å². The maximum absolute atomic E-state index is 12.3. The van der Waals surface area contributed by atoms with Crippen molar-refractivity contribution in [1.82, 2.24) is 0 Å². The fourth-order valence-corrected chi connectivity index (χ4v) is 3.07. The van der Waals surface area contributed by atoms with Gasteiger partial charge in [-0.3, -0.25) is 4.79 Å². The summed E-state index contributed by atoms with van der Waals surface area (Å²) in [6.45, 7) is 2.17. The molecular weight excluding hydrogens is 313 g/mol. The van der Waals surface area contributed by atoms with Crippen LogP contribution in [0.2, 0.25) is 10.0 Å². The summed E-state index contributed by atoms with van der Waals surface area (Å²) in [5, 5.41) is 12.1. The van der Waals surface area contributed by atoms with E-state index < -0.39 is 5.97 Å². The van der Waals surface area contributed by atoms with E-state index in [2.05, 4.69) is 12.2 Å². The lowest BCUT2D eigenvalue weighted by Crippen LogP contribution is -2.27. The van der Waals surface area contributed by atoms with E-state index in [0.717, 1.165) is 25.7 Å². The number of carboxylic acid groups (broad SMARTS) is 1. The van der Waals surface area contributed by atoms with Crippen LogP contribution in [0.4, 0.5) is 5.69 Å². The van der Waals surface area contributed by atoms with Gasteiger partial charge in [0.25, 0.3) is 0 Å². The molecule has 1 fully saturated rings. The Hall–Kier alpha value is -1.26. The third kappa shape index (κ3) is 3.69. The maximum Gasteiger partial charge on any atom is 0.339 e. The Bertz CT molecular complexity index is 566. The number of amides is 1. The topological polar surface area (TPSA) is 66.4 Å². The SMILES string of the molecule is CC1CCC(C(=O)Nc2c(Cl)ccc(Cl)c2C(=O)O)CC1. The van der Waals surface area contributed by atoms with Crippen molar-refractivity contribution >= 4 is 40.8 Å². The van der Waals surface area contributed by atoms with Gasteiger partial charge in [-0.25, -0.2) is 4.79 Å². The first-order valence-corrected chi connectivity index (χ1v) is 7.68. The third-order valence-electron chi connectivity index (χ3n) is 3.95. The number of hydrogen-bond acceptors (Lipinski definition) is 2. The zero-order chi connectivity index (χ0) is 15.6. The van der Waals surface area contributed by atoms with Crippen LogP contribution in [0.3, 0.4) is 0 Å². The number of aromatic carboxylic acids is 1. The number of carboxylic acids is 1. The smallest absolute Gasteiger partial charge is 0.339 e. The molecule has 1 amide bonds. The maximum atomic E-state index is 12.3. The molecule has 0 radical (unpaired) electrons. The first kappa shape index (κ1) is 16.1. The van der Waals surface area contributed by atoms with Crippen LogP contribution in [-0.4, -0.2) is 17.0 Å². The molecule has 6 heteroatoms. The van der Waals surface area contributed by atoms with Crippen molar-refractivity contribution in [1.29, 1.82) is 0 Å². The van der Waals surface area contributed by atoms with E-state index in [9.17, 15) is 14.7 Å². The zero-order valence-electron chi connectivity index (χ0n) is 11.7. The summed E-state index contributed by atoms with van der Waals surface area (Å²) < 4.78 is 0. The summed E-state index contributed by atoms with van der Waals surface area (Å²) in [7, 11) is 0. The normalized spacial score (nSPS) is 21.9. The predicted octanol–water partition coefficient (Wildman–Crippen LogP) is 4.46. The predicted molar refractivity (Wildman–Crippen MR) is 83.2 cm³/mol. The largest absolute Gasteiger partial charge is 0.478 e. The van der Waals surface area contributed by atoms with Crippen molar-refractivity contribution in [3.05, 3.63) is 27.7 Å². The second kappa shape index (κ2) is 6.67. The van der Waals surface area contributed by atoms with Crippen molar-refractivity contribution in [3.63, 3.8) is 0 Å². The summed E-state index contributed by atoms with van der Waals surface area (Å²) >= 11 is 11.9. The molecule has 2 N–H and O–H groups in total. The van der Waals surface area contributed by atoms with E-state index in [1.165, 1.54) is 12.1 Å². The van der Waals surface area contributed by atoms with Gasteiger partial charge in [-0.1, -0.05) is 30.1 Å². The number of carbonyl (C=O) groups excluding carboxylic acids is 1. The van der Waals surface area contributed by atoms with Crippen LogP contribution in [0, 0.1) is 11.8 Å². The molecule has 0 unspecified atom stereocenters. The second-order valence-electron chi connectivity index (χ2n) is 5.53. The standard InChI is InChI=1S/C15H17Cl2NO3/c1-8-2-4-9(5-3-8)14(19)18-13-11(17)7-6-10(16)12(13)15(20)21/h6-9H,2-5H2,1H3,(H,18,19)(H,20,21). The molecule has 1 aliphatic rings. The minimum atomic E-state index is -1.21. The second-order valence-corrected chi connectivity index (χ2v) is 6.34. The average molecular weight is 330 g/mol. The van der Waals surface area contributed by atoms with Crippen LogP contribution in [0.25, 0.3) is 0 Å². The summed E-state index contributed by atoms with van der Waals surface area (Å²) in [6.07, 6.45) is 3.64.